The van der Waals surface area contributed by atoms with Crippen molar-refractivity contribution in [2.24, 2.45) is 11.1 Å². The van der Waals surface area contributed by atoms with E-state index in [4.69, 9.17) is 5.73 Å². The lowest BCUT2D eigenvalue weighted by atomic mass is 9.79. The predicted molar refractivity (Wildman–Crippen MR) is 105 cm³/mol. The molecule has 3 rings (SSSR count). The number of piperidine rings is 1. The van der Waals surface area contributed by atoms with Gasteiger partial charge in [-0.1, -0.05) is 13.8 Å². The van der Waals surface area contributed by atoms with Crippen LogP contribution >= 0.6 is 12.4 Å². The molecule has 0 bridgehead atoms. The van der Waals surface area contributed by atoms with Gasteiger partial charge in [-0.05, 0) is 56.0 Å². The number of carbonyl (C=O) groups is 1. The number of aryl methyl sites for hydroxylation is 1. The van der Waals surface area contributed by atoms with Crippen LogP contribution in [0.2, 0.25) is 0 Å². The number of amides is 1. The van der Waals surface area contributed by atoms with Crippen molar-refractivity contribution >= 4 is 18.3 Å². The second kappa shape index (κ2) is 7.41. The Morgan fingerprint density at radius 1 is 1.23 bits per heavy atom. The van der Waals surface area contributed by atoms with Crippen LogP contribution in [0.1, 0.15) is 42.0 Å². The topological polar surface area (TPSA) is 51.3 Å². The lowest BCUT2D eigenvalue weighted by Gasteiger charge is -2.42. The number of aromatic nitrogens is 1. The maximum atomic E-state index is 13.2. The summed E-state index contributed by atoms with van der Waals surface area (Å²) >= 11 is 0. The van der Waals surface area contributed by atoms with Gasteiger partial charge in [-0.25, -0.2) is 4.39 Å². The molecule has 0 aliphatic carbocycles. The van der Waals surface area contributed by atoms with E-state index >= 15 is 0 Å². The zero-order valence-corrected chi connectivity index (χ0v) is 16.6. The van der Waals surface area contributed by atoms with Gasteiger partial charge in [-0.15, -0.1) is 12.4 Å². The highest BCUT2D eigenvalue weighted by molar-refractivity contribution is 5.96. The SMILES string of the molecule is Cc1cc(C(=O)N2CCC(N)C(C)(C)C2)c(C)n1-c1ccc(F)cc1.Cl. The molecule has 1 unspecified atom stereocenters. The minimum absolute atomic E-state index is 0. The highest BCUT2D eigenvalue weighted by Crippen LogP contribution is 2.30. The van der Waals surface area contributed by atoms with Gasteiger partial charge < -0.3 is 15.2 Å². The highest BCUT2D eigenvalue weighted by atomic mass is 35.5. The summed E-state index contributed by atoms with van der Waals surface area (Å²) in [4.78, 5) is 15.0. The molecule has 0 radical (unpaired) electrons. The third-order valence-corrected chi connectivity index (χ3v) is 5.35. The molecule has 6 heteroatoms. The van der Waals surface area contributed by atoms with Crippen molar-refractivity contribution in [3.8, 4) is 5.69 Å². The predicted octanol–water partition coefficient (Wildman–Crippen LogP) is 3.85. The van der Waals surface area contributed by atoms with Gasteiger partial charge in [0, 0.05) is 36.2 Å². The molecule has 2 N–H and O–H groups in total. The lowest BCUT2D eigenvalue weighted by molar-refractivity contribution is 0.0532. The Hall–Kier alpha value is -1.85. The van der Waals surface area contributed by atoms with Gasteiger partial charge in [0.25, 0.3) is 5.91 Å². The first kappa shape index (κ1) is 20.5. The number of hydrogen-bond acceptors (Lipinski definition) is 2. The van der Waals surface area contributed by atoms with Crippen LogP contribution in [-0.2, 0) is 0 Å². The first-order chi connectivity index (χ1) is 11.7. The zero-order valence-electron chi connectivity index (χ0n) is 15.8. The number of likely N-dealkylation sites (tertiary alicyclic amines) is 1. The number of halogens is 2. The van der Waals surface area contributed by atoms with Crippen molar-refractivity contribution in [1.29, 1.82) is 0 Å². The summed E-state index contributed by atoms with van der Waals surface area (Å²) in [5.74, 6) is -0.226. The van der Waals surface area contributed by atoms with Crippen molar-refractivity contribution in [3.05, 3.63) is 53.1 Å². The number of benzene rings is 1. The maximum Gasteiger partial charge on any atom is 0.255 e. The van der Waals surface area contributed by atoms with Crippen LogP contribution in [-0.4, -0.2) is 34.5 Å². The van der Waals surface area contributed by atoms with Gasteiger partial charge in [-0.2, -0.15) is 0 Å². The quantitative estimate of drug-likeness (QED) is 0.861. The molecule has 1 saturated heterocycles. The van der Waals surface area contributed by atoms with E-state index in [1.54, 1.807) is 12.1 Å². The fraction of sp³-hybridized carbons (Fsp3) is 0.450. The molecule has 1 aromatic carbocycles. The number of rotatable bonds is 2. The molecule has 4 nitrogen and oxygen atoms in total. The van der Waals surface area contributed by atoms with E-state index in [0.717, 1.165) is 23.5 Å². The molecule has 142 valence electrons. The number of carbonyl (C=O) groups excluding carboxylic acids is 1. The third kappa shape index (κ3) is 3.64. The monoisotopic (exact) mass is 379 g/mol. The molecule has 1 aliphatic heterocycles. The summed E-state index contributed by atoms with van der Waals surface area (Å²) in [6.45, 7) is 9.46. The molecule has 26 heavy (non-hydrogen) atoms. The van der Waals surface area contributed by atoms with E-state index in [9.17, 15) is 9.18 Å². The smallest absolute Gasteiger partial charge is 0.255 e. The van der Waals surface area contributed by atoms with Gasteiger partial charge in [0.1, 0.15) is 5.82 Å². The Morgan fingerprint density at radius 2 is 1.85 bits per heavy atom. The number of nitrogens with zero attached hydrogens (tertiary/aromatic N) is 2. The van der Waals surface area contributed by atoms with Crippen LogP contribution in [0.15, 0.2) is 30.3 Å². The Balaban J connectivity index is 0.00000243. The van der Waals surface area contributed by atoms with E-state index in [0.29, 0.717) is 18.7 Å². The Labute approximate surface area is 160 Å². The van der Waals surface area contributed by atoms with Crippen LogP contribution < -0.4 is 5.73 Å². The lowest BCUT2D eigenvalue weighted by Crippen LogP contribution is -2.54. The number of hydrogen-bond donors (Lipinski definition) is 1. The van der Waals surface area contributed by atoms with Crippen molar-refractivity contribution in [1.82, 2.24) is 9.47 Å². The van der Waals surface area contributed by atoms with Crippen molar-refractivity contribution in [3.63, 3.8) is 0 Å². The molecule has 1 atom stereocenters. The largest absolute Gasteiger partial charge is 0.338 e. The van der Waals surface area contributed by atoms with E-state index in [-0.39, 0.29) is 35.6 Å². The van der Waals surface area contributed by atoms with Crippen molar-refractivity contribution in [2.45, 2.75) is 40.2 Å². The first-order valence-corrected chi connectivity index (χ1v) is 8.70. The van der Waals surface area contributed by atoms with E-state index < -0.39 is 0 Å². The van der Waals surface area contributed by atoms with E-state index in [2.05, 4.69) is 13.8 Å². The average molecular weight is 380 g/mol. The fourth-order valence-electron chi connectivity index (χ4n) is 3.68. The molecule has 0 spiro atoms. The van der Waals surface area contributed by atoms with E-state index in [1.165, 1.54) is 12.1 Å². The Kier molecular flexibility index (Phi) is 5.83. The van der Waals surface area contributed by atoms with Gasteiger partial charge >= 0.3 is 0 Å². The Morgan fingerprint density at radius 3 is 2.42 bits per heavy atom. The summed E-state index contributed by atoms with van der Waals surface area (Å²) in [5, 5.41) is 0. The van der Waals surface area contributed by atoms with Gasteiger partial charge in [0.15, 0.2) is 0 Å². The average Bonchev–Trinajstić information content (AvgIpc) is 2.85. The van der Waals surface area contributed by atoms with Gasteiger partial charge in [0.05, 0.1) is 5.56 Å². The fourth-order valence-corrected chi connectivity index (χ4v) is 3.68. The molecule has 1 aliphatic rings. The first-order valence-electron chi connectivity index (χ1n) is 8.70. The minimum atomic E-state index is -0.269. The second-order valence-electron chi connectivity index (χ2n) is 7.71. The summed E-state index contributed by atoms with van der Waals surface area (Å²) in [6, 6.07) is 8.36. The zero-order chi connectivity index (χ0) is 18.4. The normalized spacial score (nSPS) is 19.2. The third-order valence-electron chi connectivity index (χ3n) is 5.35. The molecular formula is C20H27ClFN3O. The van der Waals surface area contributed by atoms with Gasteiger partial charge in [-0.3, -0.25) is 4.79 Å². The standard InChI is InChI=1S/C20H26FN3O.ClH/c1-13-11-17(14(2)24(13)16-7-5-15(21)6-8-16)19(25)23-10-9-18(22)20(3,4)12-23;/h5-8,11,18H,9-10,12,22H2,1-4H3;1H. The molecule has 1 aromatic heterocycles. The Bertz CT molecular complexity index is 798. The summed E-state index contributed by atoms with van der Waals surface area (Å²) in [5.41, 5.74) is 9.50. The highest BCUT2D eigenvalue weighted by Gasteiger charge is 2.36. The molecule has 0 saturated carbocycles. The molecule has 2 aromatic rings. The van der Waals surface area contributed by atoms with Crippen molar-refractivity contribution < 1.29 is 9.18 Å². The molecule has 2 heterocycles. The van der Waals surface area contributed by atoms with Gasteiger partial charge in [0.2, 0.25) is 0 Å². The summed E-state index contributed by atoms with van der Waals surface area (Å²) in [6.07, 6.45) is 0.815. The van der Waals surface area contributed by atoms with Crippen LogP contribution in [0, 0.1) is 25.1 Å². The molecule has 1 amide bonds. The summed E-state index contributed by atoms with van der Waals surface area (Å²) < 4.78 is 15.2. The number of nitrogens with two attached hydrogens (primary N) is 1. The van der Waals surface area contributed by atoms with Crippen LogP contribution in [0.3, 0.4) is 0 Å². The second-order valence-corrected chi connectivity index (χ2v) is 7.71. The summed E-state index contributed by atoms with van der Waals surface area (Å²) in [7, 11) is 0. The molecular weight excluding hydrogens is 353 g/mol. The van der Waals surface area contributed by atoms with Crippen LogP contribution in [0.25, 0.3) is 5.69 Å². The minimum Gasteiger partial charge on any atom is -0.338 e. The van der Waals surface area contributed by atoms with E-state index in [1.807, 2.05) is 29.4 Å². The maximum absolute atomic E-state index is 13.2. The van der Waals surface area contributed by atoms with Crippen LogP contribution in [0.4, 0.5) is 4.39 Å². The van der Waals surface area contributed by atoms with Crippen molar-refractivity contribution in [2.75, 3.05) is 13.1 Å². The van der Waals surface area contributed by atoms with Crippen LogP contribution in [0.5, 0.6) is 0 Å². The molecule has 1 fully saturated rings.